The Morgan fingerprint density at radius 2 is 1.24 bits per heavy atom. The van der Waals surface area contributed by atoms with Crippen molar-refractivity contribution in [2.45, 2.75) is 66.2 Å². The minimum atomic E-state index is 0.247. The summed E-state index contributed by atoms with van der Waals surface area (Å²) in [6, 6.07) is 0. The van der Waals surface area contributed by atoms with E-state index in [9.17, 15) is 0 Å². The summed E-state index contributed by atoms with van der Waals surface area (Å²) in [5.74, 6) is 0. The number of hydrogen-bond acceptors (Lipinski definition) is 3. The Balaban J connectivity index is 2.40. The van der Waals surface area contributed by atoms with E-state index in [4.69, 9.17) is 0 Å². The smallest absolute Gasteiger partial charge is 0.0635 e. The maximum Gasteiger partial charge on any atom is 0.0635 e. The van der Waals surface area contributed by atoms with Crippen LogP contribution >= 0.6 is 34.0 Å². The number of fused-ring (bicyclic) bond motifs is 3. The third-order valence-corrected chi connectivity index (χ3v) is 8.54. The average Bonchev–Trinajstić information content (AvgIpc) is 3.03. The van der Waals surface area contributed by atoms with Gasteiger partial charge in [0.15, 0.2) is 0 Å². The van der Waals surface area contributed by atoms with Crippen LogP contribution in [0.4, 0.5) is 0 Å². The van der Waals surface area contributed by atoms with E-state index in [1.165, 1.54) is 12.8 Å². The minimum Gasteiger partial charge on any atom is -0.138 e. The van der Waals surface area contributed by atoms with Crippen molar-refractivity contribution in [3.8, 4) is 0 Å². The highest BCUT2D eigenvalue weighted by Gasteiger charge is 2.27. The fourth-order valence-electron chi connectivity index (χ4n) is 3.21. The van der Waals surface area contributed by atoms with Gasteiger partial charge in [0.25, 0.3) is 0 Å². The van der Waals surface area contributed by atoms with Gasteiger partial charge in [-0.3, -0.25) is 0 Å². The molecule has 0 fully saturated rings. The Morgan fingerprint density at radius 3 is 1.76 bits per heavy atom. The third-order valence-electron chi connectivity index (χ3n) is 4.14. The summed E-state index contributed by atoms with van der Waals surface area (Å²) in [5, 5.41) is 0. The lowest BCUT2D eigenvalue weighted by atomic mass is 9.87. The molecule has 3 aromatic rings. The highest BCUT2D eigenvalue weighted by Crippen LogP contribution is 2.51. The zero-order valence-electron chi connectivity index (χ0n) is 13.8. The first-order chi connectivity index (χ1) is 9.92. The molecule has 3 heterocycles. The van der Waals surface area contributed by atoms with E-state index in [1.54, 1.807) is 39.7 Å². The predicted molar refractivity (Wildman–Crippen MR) is 102 cm³/mol. The summed E-state index contributed by atoms with van der Waals surface area (Å²) >= 11 is 6.16. The normalized spacial score (nSPS) is 12.9. The van der Waals surface area contributed by atoms with Crippen LogP contribution in [-0.4, -0.2) is 0 Å². The summed E-state index contributed by atoms with van der Waals surface area (Å²) < 4.78 is 6.28. The molecule has 0 saturated heterocycles. The minimum absolute atomic E-state index is 0.247. The molecule has 0 aliphatic carbocycles. The molecule has 0 aliphatic rings. The average molecular weight is 337 g/mol. The van der Waals surface area contributed by atoms with Crippen molar-refractivity contribution >= 4 is 52.8 Å². The van der Waals surface area contributed by atoms with Crippen LogP contribution in [0.25, 0.3) is 18.8 Å². The summed E-state index contributed by atoms with van der Waals surface area (Å²) in [6.45, 7) is 14.0. The second-order valence-electron chi connectivity index (χ2n) is 6.63. The van der Waals surface area contributed by atoms with Gasteiger partial charge >= 0.3 is 0 Å². The molecule has 3 heteroatoms. The van der Waals surface area contributed by atoms with Gasteiger partial charge in [-0.2, -0.15) is 0 Å². The number of thiophene rings is 3. The Kier molecular flexibility index (Phi) is 3.96. The molecule has 0 N–H and O–H groups in total. The van der Waals surface area contributed by atoms with Crippen LogP contribution in [0.5, 0.6) is 0 Å². The molecule has 114 valence electrons. The van der Waals surface area contributed by atoms with Crippen LogP contribution in [0.1, 0.15) is 62.4 Å². The van der Waals surface area contributed by atoms with Crippen LogP contribution in [0.2, 0.25) is 0 Å². The molecule has 0 aromatic carbocycles. The molecule has 0 unspecified atom stereocenters. The summed E-state index contributed by atoms with van der Waals surface area (Å²) in [6.07, 6.45) is 3.50. The van der Waals surface area contributed by atoms with E-state index in [0.717, 1.165) is 6.42 Å². The molecule has 0 bridgehead atoms. The van der Waals surface area contributed by atoms with E-state index >= 15 is 0 Å². The van der Waals surface area contributed by atoms with Crippen molar-refractivity contribution in [2.75, 3.05) is 0 Å². The fourth-order valence-corrected chi connectivity index (χ4v) is 8.20. The quantitative estimate of drug-likeness (QED) is 0.476. The van der Waals surface area contributed by atoms with Gasteiger partial charge in [-0.05, 0) is 35.8 Å². The lowest BCUT2D eigenvalue weighted by molar-refractivity contribution is 0.593. The second-order valence-corrected chi connectivity index (χ2v) is 9.86. The Bertz CT molecular complexity index is 790. The van der Waals surface area contributed by atoms with Crippen molar-refractivity contribution in [2.24, 2.45) is 0 Å². The van der Waals surface area contributed by atoms with Crippen LogP contribution < -0.4 is 0 Å². The number of hydrogen-bond donors (Lipinski definition) is 0. The van der Waals surface area contributed by atoms with Gasteiger partial charge in [0.2, 0.25) is 0 Å². The van der Waals surface area contributed by atoms with Gasteiger partial charge in [0.1, 0.15) is 0 Å². The van der Waals surface area contributed by atoms with Gasteiger partial charge in [0, 0.05) is 9.75 Å². The summed E-state index contributed by atoms with van der Waals surface area (Å²) in [4.78, 5) is 3.19. The number of rotatable bonds is 3. The maximum atomic E-state index is 2.36. The van der Waals surface area contributed by atoms with E-state index < -0.39 is 0 Å². The zero-order valence-corrected chi connectivity index (χ0v) is 16.3. The van der Waals surface area contributed by atoms with Crippen LogP contribution in [0.3, 0.4) is 0 Å². The maximum absolute atomic E-state index is 2.36. The van der Waals surface area contributed by atoms with Crippen molar-refractivity contribution in [3.63, 3.8) is 0 Å². The van der Waals surface area contributed by atoms with Gasteiger partial charge in [-0.15, -0.1) is 34.0 Å². The first-order valence-corrected chi connectivity index (χ1v) is 10.4. The molecule has 0 radical (unpaired) electrons. The van der Waals surface area contributed by atoms with Gasteiger partial charge < -0.3 is 0 Å². The molecule has 3 aromatic heterocycles. The molecular weight excluding hydrogens is 312 g/mol. The first-order valence-electron chi connectivity index (χ1n) is 7.91. The Hall–Kier alpha value is -0.380. The Morgan fingerprint density at radius 1 is 0.667 bits per heavy atom. The van der Waals surface area contributed by atoms with Crippen LogP contribution in [0, 0.1) is 0 Å². The van der Waals surface area contributed by atoms with Crippen molar-refractivity contribution in [3.05, 3.63) is 20.9 Å². The van der Waals surface area contributed by atoms with Crippen molar-refractivity contribution in [1.29, 1.82) is 0 Å². The summed E-state index contributed by atoms with van der Waals surface area (Å²) in [5.41, 5.74) is 3.47. The molecule has 0 aliphatic heterocycles. The van der Waals surface area contributed by atoms with Crippen LogP contribution in [0.15, 0.2) is 0 Å². The van der Waals surface area contributed by atoms with Crippen LogP contribution in [-0.2, 0) is 24.7 Å². The van der Waals surface area contributed by atoms with Crippen molar-refractivity contribution < 1.29 is 0 Å². The van der Waals surface area contributed by atoms with Gasteiger partial charge in [0.05, 0.1) is 18.8 Å². The molecular formula is C18H24S3. The second kappa shape index (κ2) is 5.36. The monoisotopic (exact) mass is 336 g/mol. The standard InChI is InChI=1S/C18H24S3/c1-7-10-11(8-2)19-16-14(10)21-15-13(18(4,5)6)12(9-3)20-17(15)16/h7-9H2,1-6H3. The van der Waals surface area contributed by atoms with E-state index in [-0.39, 0.29) is 5.41 Å². The Labute approximate surface area is 139 Å². The topological polar surface area (TPSA) is 0 Å². The van der Waals surface area contributed by atoms with Gasteiger partial charge in [-0.25, -0.2) is 0 Å². The highest BCUT2D eigenvalue weighted by atomic mass is 32.1. The molecule has 0 atom stereocenters. The first kappa shape index (κ1) is 15.5. The number of aryl methyl sites for hydroxylation is 3. The van der Waals surface area contributed by atoms with E-state index in [0.29, 0.717) is 0 Å². The lowest BCUT2D eigenvalue weighted by Crippen LogP contribution is -2.11. The molecule has 0 amide bonds. The molecule has 21 heavy (non-hydrogen) atoms. The lowest BCUT2D eigenvalue weighted by Gasteiger charge is -2.19. The zero-order chi connectivity index (χ0) is 15.4. The van der Waals surface area contributed by atoms with E-state index in [2.05, 4.69) is 64.2 Å². The molecule has 0 saturated carbocycles. The molecule has 0 nitrogen and oxygen atoms in total. The van der Waals surface area contributed by atoms with E-state index in [1.807, 2.05) is 11.3 Å². The molecule has 3 rings (SSSR count). The SMILES string of the molecule is CCc1sc2c(sc3c(C(C)(C)C)c(CC)sc32)c1CC. The third kappa shape index (κ3) is 2.29. The molecule has 0 spiro atoms. The predicted octanol–water partition coefficient (Wildman–Crippen LogP) is 7.16. The summed E-state index contributed by atoms with van der Waals surface area (Å²) in [7, 11) is 0. The fraction of sp³-hybridized carbons (Fsp3) is 0.556. The van der Waals surface area contributed by atoms with Crippen molar-refractivity contribution in [1.82, 2.24) is 0 Å². The highest BCUT2D eigenvalue weighted by molar-refractivity contribution is 7.39. The van der Waals surface area contributed by atoms with Gasteiger partial charge in [-0.1, -0.05) is 41.5 Å². The largest absolute Gasteiger partial charge is 0.138 e.